The van der Waals surface area contributed by atoms with Gasteiger partial charge in [0.1, 0.15) is 6.54 Å². The van der Waals surface area contributed by atoms with Gasteiger partial charge < -0.3 is 0 Å². The van der Waals surface area contributed by atoms with E-state index in [9.17, 15) is 9.59 Å². The van der Waals surface area contributed by atoms with E-state index in [0.717, 1.165) is 11.3 Å². The number of amides is 3. The number of benzene rings is 1. The fraction of sp³-hybridized carbons (Fsp3) is 0.421. The van der Waals surface area contributed by atoms with Crippen molar-refractivity contribution in [3.05, 3.63) is 34.9 Å². The third kappa shape index (κ3) is 2.79. The minimum atomic E-state index is -0.646. The molecule has 0 N–H and O–H groups in total. The smallest absolute Gasteiger partial charge is 0.270 e. The Morgan fingerprint density at radius 1 is 1.29 bits per heavy atom. The summed E-state index contributed by atoms with van der Waals surface area (Å²) in [5.74, 6) is 0.749. The highest BCUT2D eigenvalue weighted by molar-refractivity contribution is 6.31. The van der Waals surface area contributed by atoms with Gasteiger partial charge in [-0.15, -0.1) is 10.1 Å². The maximum absolute atomic E-state index is 13.4. The van der Waals surface area contributed by atoms with Crippen LogP contribution in [0, 0.1) is 0 Å². The van der Waals surface area contributed by atoms with E-state index in [0.29, 0.717) is 23.4 Å². The fourth-order valence-corrected chi connectivity index (χ4v) is 3.84. The van der Waals surface area contributed by atoms with E-state index in [4.69, 9.17) is 11.6 Å². The Balaban J connectivity index is 1.72. The summed E-state index contributed by atoms with van der Waals surface area (Å²) in [4.78, 5) is 33.6. The summed E-state index contributed by atoms with van der Waals surface area (Å²) < 4.78 is 1.92. The van der Waals surface area contributed by atoms with Crippen molar-refractivity contribution in [1.29, 1.82) is 0 Å². The van der Waals surface area contributed by atoms with E-state index in [1.807, 2.05) is 43.5 Å². The average Bonchev–Trinajstić information content (AvgIpc) is 3.03. The van der Waals surface area contributed by atoms with Crippen molar-refractivity contribution >= 4 is 41.0 Å². The largest absolute Gasteiger partial charge is 0.416 e. The van der Waals surface area contributed by atoms with Gasteiger partial charge in [0.25, 0.3) is 5.91 Å². The van der Waals surface area contributed by atoms with Crippen LogP contribution >= 0.6 is 11.6 Å². The lowest BCUT2D eigenvalue weighted by atomic mass is 10.1. The highest BCUT2D eigenvalue weighted by atomic mass is 35.5. The van der Waals surface area contributed by atoms with E-state index in [-0.39, 0.29) is 18.5 Å². The first-order chi connectivity index (χ1) is 13.3. The molecule has 1 unspecified atom stereocenters. The predicted molar refractivity (Wildman–Crippen MR) is 107 cm³/mol. The Morgan fingerprint density at radius 3 is 2.68 bits per heavy atom. The lowest BCUT2D eigenvalue weighted by Gasteiger charge is -2.34. The number of rotatable bonds is 3. The number of likely N-dealkylation sites (N-methyl/N-ethyl adjacent to an activating group) is 1. The van der Waals surface area contributed by atoms with Crippen LogP contribution in [-0.2, 0) is 11.3 Å². The summed E-state index contributed by atoms with van der Waals surface area (Å²) in [5.41, 5.74) is 1.61. The van der Waals surface area contributed by atoms with Crippen LogP contribution < -0.4 is 0 Å². The summed E-state index contributed by atoms with van der Waals surface area (Å²) in [6, 6.07) is 6.24. The lowest BCUT2D eigenvalue weighted by molar-refractivity contribution is -0.528. The number of carbonyl (C=O) groups is 2. The highest BCUT2D eigenvalue weighted by Gasteiger charge is 2.54. The molecule has 0 aliphatic carbocycles. The number of halogens is 1. The number of hydrazone groups is 1. The third-order valence-corrected chi connectivity index (χ3v) is 5.42. The number of hydrogen-bond acceptors (Lipinski definition) is 5. The minimum Gasteiger partial charge on any atom is -0.270 e. The standard InChI is InChI=1S/C19H22ClN6O2/c1-11(2)26-18-21-16-15(24(18)9-12(3)22-26)17(27)25(19(28)23(16)4)10-13-7-5-6-8-14(13)20/h5-8,11,15H,9-10H2,1-4H3/q+1. The summed E-state index contributed by atoms with van der Waals surface area (Å²) >= 11 is 6.25. The second-order valence-corrected chi connectivity index (χ2v) is 7.84. The van der Waals surface area contributed by atoms with Crippen molar-refractivity contribution in [1.82, 2.24) is 14.8 Å². The molecule has 4 rings (SSSR count). The van der Waals surface area contributed by atoms with Crippen molar-refractivity contribution < 1.29 is 14.2 Å². The van der Waals surface area contributed by atoms with E-state index in [1.165, 1.54) is 9.80 Å². The van der Waals surface area contributed by atoms with Crippen molar-refractivity contribution in [2.75, 3.05) is 13.6 Å². The fourth-order valence-electron chi connectivity index (χ4n) is 3.65. The molecule has 3 heterocycles. The topological polar surface area (TPSA) is 71.6 Å². The zero-order valence-corrected chi connectivity index (χ0v) is 17.0. The Labute approximate surface area is 168 Å². The van der Waals surface area contributed by atoms with E-state index in [2.05, 4.69) is 10.1 Å². The van der Waals surface area contributed by atoms with Gasteiger partial charge in [0, 0.05) is 12.1 Å². The van der Waals surface area contributed by atoms with E-state index >= 15 is 0 Å². The molecule has 0 aromatic heterocycles. The van der Waals surface area contributed by atoms with Crippen LogP contribution in [0.1, 0.15) is 26.3 Å². The molecule has 8 nitrogen and oxygen atoms in total. The number of fused-ring (bicyclic) bond motifs is 2. The van der Waals surface area contributed by atoms with E-state index < -0.39 is 12.1 Å². The van der Waals surface area contributed by atoms with Gasteiger partial charge in [-0.3, -0.25) is 14.6 Å². The van der Waals surface area contributed by atoms with Crippen LogP contribution in [0.3, 0.4) is 0 Å². The first kappa shape index (κ1) is 18.6. The van der Waals surface area contributed by atoms with Crippen molar-refractivity contribution in [2.24, 2.45) is 10.1 Å². The Hall–Kier alpha value is -2.74. The molecular weight excluding hydrogens is 380 g/mol. The second-order valence-electron chi connectivity index (χ2n) is 7.43. The number of hydrogen-bond donors (Lipinski definition) is 0. The molecule has 3 aliphatic heterocycles. The number of imide groups is 1. The number of amidine groups is 1. The van der Waals surface area contributed by atoms with Gasteiger partial charge in [-0.2, -0.15) is 0 Å². The SMILES string of the molecule is CC1=NN(C(C)C)C2=[N+](C1)C1C(=O)N(Cc3ccccc3Cl)C(=O)N(C)C1=N2. The maximum atomic E-state index is 13.4. The molecule has 3 amide bonds. The minimum absolute atomic E-state index is 0.0765. The zero-order chi connectivity index (χ0) is 20.2. The molecule has 146 valence electrons. The Bertz CT molecular complexity index is 967. The molecule has 1 atom stereocenters. The average molecular weight is 402 g/mol. The molecule has 28 heavy (non-hydrogen) atoms. The number of nitrogens with zero attached hydrogens (tertiary/aromatic N) is 6. The highest BCUT2D eigenvalue weighted by Crippen LogP contribution is 2.26. The van der Waals surface area contributed by atoms with Crippen molar-refractivity contribution in [3.8, 4) is 0 Å². The molecule has 1 fully saturated rings. The molecular formula is C19H22ClN6O2+. The first-order valence-electron chi connectivity index (χ1n) is 9.17. The second kappa shape index (κ2) is 6.70. The van der Waals surface area contributed by atoms with Crippen LogP contribution in [0.5, 0.6) is 0 Å². The summed E-state index contributed by atoms with van der Waals surface area (Å²) in [5, 5.41) is 6.89. The van der Waals surface area contributed by atoms with Crippen molar-refractivity contribution in [3.63, 3.8) is 0 Å². The van der Waals surface area contributed by atoms with Crippen LogP contribution in [0.25, 0.3) is 0 Å². The number of carbonyl (C=O) groups excluding carboxylic acids is 2. The molecule has 9 heteroatoms. The van der Waals surface area contributed by atoms with Crippen LogP contribution in [0.4, 0.5) is 4.79 Å². The van der Waals surface area contributed by atoms with Crippen LogP contribution in [0.2, 0.25) is 5.02 Å². The monoisotopic (exact) mass is 401 g/mol. The summed E-state index contributed by atoms with van der Waals surface area (Å²) in [6.45, 7) is 6.55. The van der Waals surface area contributed by atoms with Crippen LogP contribution in [0.15, 0.2) is 34.4 Å². The molecule has 0 spiro atoms. The van der Waals surface area contributed by atoms with Crippen molar-refractivity contribution in [2.45, 2.75) is 39.4 Å². The normalized spacial score (nSPS) is 21.9. The number of aliphatic imine (C=N–C) groups is 1. The quantitative estimate of drug-likeness (QED) is 0.727. The van der Waals surface area contributed by atoms with Gasteiger partial charge in [-0.05, 0) is 32.4 Å². The Morgan fingerprint density at radius 2 is 2.00 bits per heavy atom. The summed E-state index contributed by atoms with van der Waals surface area (Å²) in [6.07, 6.45) is 0. The van der Waals surface area contributed by atoms with Gasteiger partial charge in [0.15, 0.2) is 0 Å². The Kier molecular flexibility index (Phi) is 4.45. The van der Waals surface area contributed by atoms with Crippen LogP contribution in [-0.4, -0.2) is 74.5 Å². The molecule has 3 aliphatic rings. The lowest BCUT2D eigenvalue weighted by Crippen LogP contribution is -2.63. The van der Waals surface area contributed by atoms with Gasteiger partial charge in [0.2, 0.25) is 11.9 Å². The van der Waals surface area contributed by atoms with Gasteiger partial charge >= 0.3 is 12.0 Å². The van der Waals surface area contributed by atoms with E-state index in [1.54, 1.807) is 18.1 Å². The molecule has 0 radical (unpaired) electrons. The molecule has 1 aromatic carbocycles. The summed E-state index contributed by atoms with van der Waals surface area (Å²) in [7, 11) is 1.65. The maximum Gasteiger partial charge on any atom is 0.416 e. The molecule has 0 saturated carbocycles. The zero-order valence-electron chi connectivity index (χ0n) is 16.3. The molecule has 0 bridgehead atoms. The van der Waals surface area contributed by atoms with Gasteiger partial charge in [-0.25, -0.2) is 9.37 Å². The predicted octanol–water partition coefficient (Wildman–Crippen LogP) is 1.98. The first-order valence-corrected chi connectivity index (χ1v) is 9.55. The molecule has 1 aromatic rings. The van der Waals surface area contributed by atoms with Gasteiger partial charge in [0.05, 0.1) is 18.3 Å². The molecule has 1 saturated heterocycles. The number of guanidine groups is 1. The third-order valence-electron chi connectivity index (χ3n) is 5.05. The van der Waals surface area contributed by atoms with Gasteiger partial charge in [-0.1, -0.05) is 34.8 Å². The number of urea groups is 1.